The van der Waals surface area contributed by atoms with Crippen molar-refractivity contribution in [3.05, 3.63) is 18.2 Å². The van der Waals surface area contributed by atoms with Gasteiger partial charge in [-0.25, -0.2) is 4.98 Å². The second-order valence-corrected chi connectivity index (χ2v) is 4.65. The molecule has 1 unspecified atom stereocenters. The van der Waals surface area contributed by atoms with Crippen LogP contribution in [0.25, 0.3) is 0 Å². The van der Waals surface area contributed by atoms with Crippen LogP contribution in [-0.4, -0.2) is 45.2 Å². The maximum Gasteiger partial charge on any atom is 0.307 e. The third kappa shape index (κ3) is 3.06. The van der Waals surface area contributed by atoms with Crippen molar-refractivity contribution in [2.24, 2.45) is 5.92 Å². The van der Waals surface area contributed by atoms with Crippen LogP contribution in [0.15, 0.2) is 12.4 Å². The molecule has 94 valence electrons. The van der Waals surface area contributed by atoms with Gasteiger partial charge in [0.25, 0.3) is 0 Å². The second kappa shape index (κ2) is 5.31. The van der Waals surface area contributed by atoms with E-state index in [1.54, 1.807) is 6.20 Å². The molecule has 1 N–H and O–H groups in total. The lowest BCUT2D eigenvalue weighted by molar-refractivity contribution is -0.143. The minimum Gasteiger partial charge on any atom is -0.481 e. The van der Waals surface area contributed by atoms with E-state index in [0.29, 0.717) is 6.54 Å². The Morgan fingerprint density at radius 3 is 3.06 bits per heavy atom. The van der Waals surface area contributed by atoms with Gasteiger partial charge in [0.2, 0.25) is 0 Å². The van der Waals surface area contributed by atoms with Gasteiger partial charge in [-0.1, -0.05) is 0 Å². The van der Waals surface area contributed by atoms with Gasteiger partial charge in [-0.3, -0.25) is 4.79 Å². The zero-order chi connectivity index (χ0) is 12.3. The number of likely N-dealkylation sites (tertiary alicyclic amines) is 1. The Kier molecular flexibility index (Phi) is 3.78. The molecule has 2 heterocycles. The summed E-state index contributed by atoms with van der Waals surface area (Å²) in [6.07, 6.45) is 5.56. The van der Waals surface area contributed by atoms with Crippen LogP contribution in [0.1, 0.15) is 18.7 Å². The van der Waals surface area contributed by atoms with Crippen LogP contribution in [0.5, 0.6) is 0 Å². The number of carboxylic acids is 1. The first-order valence-electron chi connectivity index (χ1n) is 6.09. The summed E-state index contributed by atoms with van der Waals surface area (Å²) in [6.45, 7) is 5.47. The summed E-state index contributed by atoms with van der Waals surface area (Å²) in [5.41, 5.74) is 0. The van der Waals surface area contributed by atoms with Gasteiger partial charge in [-0.15, -0.1) is 0 Å². The highest BCUT2D eigenvalue weighted by molar-refractivity contribution is 5.70. The zero-order valence-electron chi connectivity index (χ0n) is 10.2. The lowest BCUT2D eigenvalue weighted by Crippen LogP contribution is -2.40. The van der Waals surface area contributed by atoms with Crippen LogP contribution in [0, 0.1) is 12.8 Å². The van der Waals surface area contributed by atoms with Gasteiger partial charge in [-0.2, -0.15) is 0 Å². The molecule has 0 saturated carbocycles. The molecule has 1 fully saturated rings. The number of carbonyl (C=O) groups is 1. The van der Waals surface area contributed by atoms with E-state index in [9.17, 15) is 4.79 Å². The summed E-state index contributed by atoms with van der Waals surface area (Å²) in [5.74, 6) is 0.165. The fourth-order valence-electron chi connectivity index (χ4n) is 2.35. The molecule has 1 aromatic heterocycles. The summed E-state index contributed by atoms with van der Waals surface area (Å²) in [5, 5.41) is 9.01. The molecule has 5 nitrogen and oxygen atoms in total. The summed E-state index contributed by atoms with van der Waals surface area (Å²) in [4.78, 5) is 17.4. The van der Waals surface area contributed by atoms with E-state index >= 15 is 0 Å². The van der Waals surface area contributed by atoms with Gasteiger partial charge in [0.1, 0.15) is 5.82 Å². The maximum absolute atomic E-state index is 10.9. The number of piperidine rings is 1. The summed E-state index contributed by atoms with van der Waals surface area (Å²) < 4.78 is 2.10. The summed E-state index contributed by atoms with van der Waals surface area (Å²) >= 11 is 0. The normalized spacial score (nSPS) is 21.6. The minimum absolute atomic E-state index is 0.187. The molecule has 0 radical (unpaired) electrons. The van der Waals surface area contributed by atoms with E-state index in [1.165, 1.54) is 0 Å². The van der Waals surface area contributed by atoms with E-state index in [0.717, 1.165) is 38.3 Å². The average molecular weight is 237 g/mol. The molecular weight excluding hydrogens is 218 g/mol. The monoisotopic (exact) mass is 237 g/mol. The number of rotatable bonds is 4. The van der Waals surface area contributed by atoms with Crippen LogP contribution in [0.3, 0.4) is 0 Å². The smallest absolute Gasteiger partial charge is 0.307 e. The standard InChI is InChI=1S/C12H19N3O2/c1-10-13-4-6-15(10)8-7-14-5-2-3-11(9-14)12(16)17/h4,6,11H,2-3,5,7-9H2,1H3,(H,16,17). The molecule has 1 saturated heterocycles. The molecule has 1 aliphatic heterocycles. The highest BCUT2D eigenvalue weighted by atomic mass is 16.4. The Morgan fingerprint density at radius 2 is 2.41 bits per heavy atom. The quantitative estimate of drug-likeness (QED) is 0.848. The number of imidazole rings is 1. The largest absolute Gasteiger partial charge is 0.481 e. The predicted octanol–water partition coefficient (Wildman–Crippen LogP) is 0.988. The molecule has 0 spiro atoms. The molecule has 2 rings (SSSR count). The van der Waals surface area contributed by atoms with Gasteiger partial charge in [0.05, 0.1) is 5.92 Å². The van der Waals surface area contributed by atoms with Crippen molar-refractivity contribution in [1.82, 2.24) is 14.5 Å². The van der Waals surface area contributed by atoms with Gasteiger partial charge in [0.15, 0.2) is 0 Å². The number of carboxylic acid groups (broad SMARTS) is 1. The Labute approximate surface area is 101 Å². The van der Waals surface area contributed by atoms with E-state index in [4.69, 9.17) is 5.11 Å². The zero-order valence-corrected chi connectivity index (χ0v) is 10.2. The minimum atomic E-state index is -0.659. The third-order valence-electron chi connectivity index (χ3n) is 3.44. The van der Waals surface area contributed by atoms with Crippen molar-refractivity contribution in [3.63, 3.8) is 0 Å². The number of aliphatic carboxylic acids is 1. The first-order valence-corrected chi connectivity index (χ1v) is 6.09. The van der Waals surface area contributed by atoms with Crippen molar-refractivity contribution < 1.29 is 9.90 Å². The van der Waals surface area contributed by atoms with Crippen LogP contribution in [0.2, 0.25) is 0 Å². The molecule has 1 aromatic rings. The predicted molar refractivity (Wildman–Crippen MR) is 63.8 cm³/mol. The molecule has 0 aliphatic carbocycles. The van der Waals surface area contributed by atoms with Crippen LogP contribution in [-0.2, 0) is 11.3 Å². The second-order valence-electron chi connectivity index (χ2n) is 4.65. The lowest BCUT2D eigenvalue weighted by atomic mass is 9.98. The molecule has 1 aliphatic rings. The van der Waals surface area contributed by atoms with Gasteiger partial charge < -0.3 is 14.6 Å². The summed E-state index contributed by atoms with van der Waals surface area (Å²) in [6, 6.07) is 0. The Morgan fingerprint density at radius 1 is 1.59 bits per heavy atom. The molecule has 0 amide bonds. The van der Waals surface area contributed by atoms with Crippen molar-refractivity contribution in [2.45, 2.75) is 26.3 Å². The SMILES string of the molecule is Cc1nccn1CCN1CCCC(C(=O)O)C1. The van der Waals surface area contributed by atoms with Gasteiger partial charge >= 0.3 is 5.97 Å². The van der Waals surface area contributed by atoms with E-state index in [-0.39, 0.29) is 5.92 Å². The fraction of sp³-hybridized carbons (Fsp3) is 0.667. The number of nitrogens with zero attached hydrogens (tertiary/aromatic N) is 3. The van der Waals surface area contributed by atoms with Crippen molar-refractivity contribution in [1.29, 1.82) is 0 Å². The van der Waals surface area contributed by atoms with Crippen LogP contribution >= 0.6 is 0 Å². The molecule has 0 aromatic carbocycles. The third-order valence-corrected chi connectivity index (χ3v) is 3.44. The van der Waals surface area contributed by atoms with E-state index < -0.39 is 5.97 Å². The number of aromatic nitrogens is 2. The Balaban J connectivity index is 1.83. The average Bonchev–Trinajstić information content (AvgIpc) is 2.72. The Bertz CT molecular complexity index is 389. The molecule has 5 heteroatoms. The van der Waals surface area contributed by atoms with Gasteiger partial charge in [0, 0.05) is 32.0 Å². The van der Waals surface area contributed by atoms with E-state index in [2.05, 4.69) is 14.5 Å². The topological polar surface area (TPSA) is 58.4 Å². The highest BCUT2D eigenvalue weighted by Crippen LogP contribution is 2.16. The molecule has 17 heavy (non-hydrogen) atoms. The lowest BCUT2D eigenvalue weighted by Gasteiger charge is -2.30. The first kappa shape index (κ1) is 12.1. The number of hydrogen-bond acceptors (Lipinski definition) is 3. The van der Waals surface area contributed by atoms with Crippen molar-refractivity contribution >= 4 is 5.97 Å². The maximum atomic E-state index is 10.9. The first-order chi connectivity index (χ1) is 8.16. The van der Waals surface area contributed by atoms with Crippen LogP contribution in [0.4, 0.5) is 0 Å². The van der Waals surface area contributed by atoms with E-state index in [1.807, 2.05) is 13.1 Å². The molecule has 1 atom stereocenters. The summed E-state index contributed by atoms with van der Waals surface area (Å²) in [7, 11) is 0. The van der Waals surface area contributed by atoms with Gasteiger partial charge in [-0.05, 0) is 26.3 Å². The number of aryl methyl sites for hydroxylation is 1. The highest BCUT2D eigenvalue weighted by Gasteiger charge is 2.24. The van der Waals surface area contributed by atoms with Crippen molar-refractivity contribution in [2.75, 3.05) is 19.6 Å². The number of hydrogen-bond donors (Lipinski definition) is 1. The Hall–Kier alpha value is -1.36. The molecule has 0 bridgehead atoms. The fourth-order valence-corrected chi connectivity index (χ4v) is 2.35. The molecular formula is C12H19N3O2. The van der Waals surface area contributed by atoms with Crippen molar-refractivity contribution in [3.8, 4) is 0 Å². The van der Waals surface area contributed by atoms with Crippen LogP contribution < -0.4 is 0 Å².